The van der Waals surface area contributed by atoms with Crippen molar-refractivity contribution in [2.75, 3.05) is 13.2 Å². The van der Waals surface area contributed by atoms with E-state index < -0.39 is 0 Å². The lowest BCUT2D eigenvalue weighted by Gasteiger charge is -2.23. The average molecular weight is 234 g/mol. The second-order valence-electron chi connectivity index (χ2n) is 4.81. The van der Waals surface area contributed by atoms with Gasteiger partial charge >= 0.3 is 0 Å². The van der Waals surface area contributed by atoms with Crippen LogP contribution >= 0.6 is 0 Å². The number of aryl methyl sites for hydroxylation is 1. The zero-order valence-electron chi connectivity index (χ0n) is 10.6. The van der Waals surface area contributed by atoms with E-state index >= 15 is 0 Å². The van der Waals surface area contributed by atoms with Crippen LogP contribution < -0.4 is 10.1 Å². The molecule has 0 spiro atoms. The van der Waals surface area contributed by atoms with E-state index in [4.69, 9.17) is 4.74 Å². The van der Waals surface area contributed by atoms with Crippen molar-refractivity contribution >= 4 is 0 Å². The lowest BCUT2D eigenvalue weighted by molar-refractivity contribution is 0.276. The molecule has 1 atom stereocenters. The maximum absolute atomic E-state index is 5.64. The molecule has 1 aromatic heterocycles. The first-order valence-electron chi connectivity index (χ1n) is 6.63. The molecular formula is C14H22N2O. The highest BCUT2D eigenvalue weighted by molar-refractivity contribution is 5.18. The molecule has 17 heavy (non-hydrogen) atoms. The van der Waals surface area contributed by atoms with Gasteiger partial charge in [0.1, 0.15) is 0 Å². The van der Waals surface area contributed by atoms with Gasteiger partial charge in [0, 0.05) is 18.3 Å². The predicted octanol–water partition coefficient (Wildman–Crippen LogP) is 2.69. The van der Waals surface area contributed by atoms with E-state index in [1.807, 2.05) is 12.1 Å². The van der Waals surface area contributed by atoms with E-state index in [2.05, 4.69) is 17.2 Å². The SMILES string of the molecule is Cc1ccnc(OCCC[C@H]2CCCCN2)c1. The molecular weight excluding hydrogens is 212 g/mol. The Labute approximate surface area is 104 Å². The third kappa shape index (κ3) is 4.35. The zero-order chi connectivity index (χ0) is 11.9. The highest BCUT2D eigenvalue weighted by Crippen LogP contribution is 2.13. The first-order valence-corrected chi connectivity index (χ1v) is 6.63. The molecule has 1 fully saturated rings. The molecule has 0 radical (unpaired) electrons. The molecule has 1 aromatic rings. The van der Waals surface area contributed by atoms with E-state index in [1.165, 1.54) is 37.8 Å². The van der Waals surface area contributed by atoms with Crippen LogP contribution in [0.15, 0.2) is 18.3 Å². The predicted molar refractivity (Wildman–Crippen MR) is 69.3 cm³/mol. The van der Waals surface area contributed by atoms with Gasteiger partial charge in [0.05, 0.1) is 6.61 Å². The van der Waals surface area contributed by atoms with Gasteiger partial charge in [-0.05, 0) is 50.8 Å². The molecule has 1 N–H and O–H groups in total. The van der Waals surface area contributed by atoms with Crippen molar-refractivity contribution in [1.29, 1.82) is 0 Å². The number of ether oxygens (including phenoxy) is 1. The van der Waals surface area contributed by atoms with Crippen LogP contribution in [-0.2, 0) is 0 Å². The number of piperidine rings is 1. The Morgan fingerprint density at radius 3 is 3.18 bits per heavy atom. The largest absolute Gasteiger partial charge is 0.478 e. The molecule has 3 heteroatoms. The minimum atomic E-state index is 0.706. The van der Waals surface area contributed by atoms with Gasteiger partial charge in [-0.15, -0.1) is 0 Å². The Morgan fingerprint density at radius 1 is 1.47 bits per heavy atom. The Hall–Kier alpha value is -1.09. The summed E-state index contributed by atoms with van der Waals surface area (Å²) >= 11 is 0. The van der Waals surface area contributed by atoms with Crippen LogP contribution in [0.2, 0.25) is 0 Å². The molecule has 0 amide bonds. The number of nitrogens with one attached hydrogen (secondary N) is 1. The molecule has 3 nitrogen and oxygen atoms in total. The monoisotopic (exact) mass is 234 g/mol. The Morgan fingerprint density at radius 2 is 2.41 bits per heavy atom. The summed E-state index contributed by atoms with van der Waals surface area (Å²) in [7, 11) is 0. The third-order valence-electron chi connectivity index (χ3n) is 3.25. The first kappa shape index (κ1) is 12.4. The minimum absolute atomic E-state index is 0.706. The molecule has 2 heterocycles. The van der Waals surface area contributed by atoms with E-state index in [-0.39, 0.29) is 0 Å². The highest BCUT2D eigenvalue weighted by atomic mass is 16.5. The molecule has 1 saturated heterocycles. The van der Waals surface area contributed by atoms with Gasteiger partial charge in [-0.1, -0.05) is 6.42 Å². The van der Waals surface area contributed by atoms with Crippen LogP contribution in [0, 0.1) is 6.92 Å². The zero-order valence-corrected chi connectivity index (χ0v) is 10.6. The molecule has 0 aliphatic carbocycles. The average Bonchev–Trinajstić information content (AvgIpc) is 2.36. The van der Waals surface area contributed by atoms with E-state index in [0.717, 1.165) is 18.9 Å². The summed E-state index contributed by atoms with van der Waals surface area (Å²) in [5.74, 6) is 0.751. The van der Waals surface area contributed by atoms with Crippen LogP contribution in [0.1, 0.15) is 37.7 Å². The van der Waals surface area contributed by atoms with E-state index in [0.29, 0.717) is 6.04 Å². The number of hydrogen-bond acceptors (Lipinski definition) is 3. The number of rotatable bonds is 5. The van der Waals surface area contributed by atoms with Crippen molar-refractivity contribution in [2.24, 2.45) is 0 Å². The first-order chi connectivity index (χ1) is 8.34. The van der Waals surface area contributed by atoms with Crippen LogP contribution in [0.3, 0.4) is 0 Å². The van der Waals surface area contributed by atoms with Gasteiger partial charge in [-0.2, -0.15) is 0 Å². The number of aromatic nitrogens is 1. The van der Waals surface area contributed by atoms with Gasteiger partial charge < -0.3 is 10.1 Å². The second kappa shape index (κ2) is 6.60. The van der Waals surface area contributed by atoms with Gasteiger partial charge in [-0.25, -0.2) is 4.98 Å². The van der Waals surface area contributed by atoms with Crippen LogP contribution in [0.4, 0.5) is 0 Å². The summed E-state index contributed by atoms with van der Waals surface area (Å²) in [5, 5.41) is 3.56. The highest BCUT2D eigenvalue weighted by Gasteiger charge is 2.11. The normalized spacial score (nSPS) is 20.2. The standard InChI is InChI=1S/C14H22N2O/c1-12-7-9-16-14(11-12)17-10-4-6-13-5-2-3-8-15-13/h7,9,11,13,15H,2-6,8,10H2,1H3/t13-/m1/s1. The fourth-order valence-electron chi connectivity index (χ4n) is 2.26. The maximum atomic E-state index is 5.64. The molecule has 94 valence electrons. The van der Waals surface area contributed by atoms with Gasteiger partial charge in [0.15, 0.2) is 0 Å². The topological polar surface area (TPSA) is 34.1 Å². The van der Waals surface area contributed by atoms with Crippen molar-refractivity contribution in [2.45, 2.75) is 45.1 Å². The summed E-state index contributed by atoms with van der Waals surface area (Å²) in [6, 6.07) is 4.68. The van der Waals surface area contributed by atoms with Gasteiger partial charge in [0.2, 0.25) is 5.88 Å². The third-order valence-corrected chi connectivity index (χ3v) is 3.25. The number of pyridine rings is 1. The van der Waals surface area contributed by atoms with Crippen molar-refractivity contribution in [3.05, 3.63) is 23.9 Å². The molecule has 0 saturated carbocycles. The molecule has 1 aliphatic heterocycles. The maximum Gasteiger partial charge on any atom is 0.213 e. The van der Waals surface area contributed by atoms with E-state index in [1.54, 1.807) is 6.20 Å². The van der Waals surface area contributed by atoms with Crippen LogP contribution in [0.25, 0.3) is 0 Å². The lowest BCUT2D eigenvalue weighted by Crippen LogP contribution is -2.34. The molecule has 0 bridgehead atoms. The Kier molecular flexibility index (Phi) is 4.80. The summed E-state index contributed by atoms with van der Waals surface area (Å²) < 4.78 is 5.64. The van der Waals surface area contributed by atoms with Crippen molar-refractivity contribution < 1.29 is 4.74 Å². The summed E-state index contributed by atoms with van der Waals surface area (Å²) in [6.45, 7) is 4.01. The van der Waals surface area contributed by atoms with Crippen molar-refractivity contribution in [3.63, 3.8) is 0 Å². The number of nitrogens with zero attached hydrogens (tertiary/aromatic N) is 1. The summed E-state index contributed by atoms with van der Waals surface area (Å²) in [5.41, 5.74) is 1.20. The second-order valence-corrected chi connectivity index (χ2v) is 4.81. The molecule has 1 aliphatic rings. The fraction of sp³-hybridized carbons (Fsp3) is 0.643. The summed E-state index contributed by atoms with van der Waals surface area (Å²) in [4.78, 5) is 4.19. The Bertz CT molecular complexity index is 335. The van der Waals surface area contributed by atoms with Crippen LogP contribution in [-0.4, -0.2) is 24.2 Å². The molecule has 0 aromatic carbocycles. The quantitative estimate of drug-likeness (QED) is 0.795. The smallest absolute Gasteiger partial charge is 0.213 e. The van der Waals surface area contributed by atoms with Crippen molar-refractivity contribution in [1.82, 2.24) is 10.3 Å². The molecule has 0 unspecified atom stereocenters. The summed E-state index contributed by atoms with van der Waals surface area (Å²) in [6.07, 6.45) is 8.15. The Balaban J connectivity index is 1.62. The van der Waals surface area contributed by atoms with E-state index in [9.17, 15) is 0 Å². The van der Waals surface area contributed by atoms with Gasteiger partial charge in [-0.3, -0.25) is 0 Å². The lowest BCUT2D eigenvalue weighted by atomic mass is 10.0. The minimum Gasteiger partial charge on any atom is -0.478 e. The number of hydrogen-bond donors (Lipinski definition) is 1. The van der Waals surface area contributed by atoms with Crippen LogP contribution in [0.5, 0.6) is 5.88 Å². The van der Waals surface area contributed by atoms with Crippen molar-refractivity contribution in [3.8, 4) is 5.88 Å². The molecule has 2 rings (SSSR count). The van der Waals surface area contributed by atoms with Gasteiger partial charge in [0.25, 0.3) is 0 Å². The fourth-order valence-corrected chi connectivity index (χ4v) is 2.26.